The molecule has 0 spiro atoms. The predicted octanol–water partition coefficient (Wildman–Crippen LogP) is 1.45. The van der Waals surface area contributed by atoms with Crippen molar-refractivity contribution >= 4 is 28.8 Å². The minimum absolute atomic E-state index is 0.00960. The van der Waals surface area contributed by atoms with Gasteiger partial charge in [-0.3, -0.25) is 18.5 Å². The summed E-state index contributed by atoms with van der Waals surface area (Å²) in [6.45, 7) is 3.20. The first kappa shape index (κ1) is 30.6. The molecule has 1 aliphatic heterocycles. The van der Waals surface area contributed by atoms with Crippen LogP contribution in [0.3, 0.4) is 0 Å². The Balaban J connectivity index is 0.000000587. The van der Waals surface area contributed by atoms with E-state index in [-0.39, 0.29) is 30.3 Å². The molecule has 0 radical (unpaired) electrons. The number of aryl methyl sites for hydroxylation is 1. The van der Waals surface area contributed by atoms with Crippen molar-refractivity contribution in [2.24, 2.45) is 17.8 Å². The maximum absolute atomic E-state index is 13.7. The molecule has 1 unspecified atom stereocenters. The summed E-state index contributed by atoms with van der Waals surface area (Å²) < 4.78 is 35.9. The molecule has 0 aliphatic carbocycles. The van der Waals surface area contributed by atoms with Crippen molar-refractivity contribution in [3.8, 4) is 18.0 Å². The zero-order chi connectivity index (χ0) is 30.3. The number of anilines is 1. The number of alkyl halides is 3. The molecule has 2 aromatic heterocycles. The van der Waals surface area contributed by atoms with Crippen LogP contribution < -0.4 is 21.9 Å². The number of carbonyl (C=O) groups is 1. The summed E-state index contributed by atoms with van der Waals surface area (Å²) in [5.74, 6) is 3.70. The summed E-state index contributed by atoms with van der Waals surface area (Å²) in [7, 11) is 1.58. The van der Waals surface area contributed by atoms with Gasteiger partial charge >= 0.3 is 17.8 Å². The maximum Gasteiger partial charge on any atom is 0.490 e. The molecule has 41 heavy (non-hydrogen) atoms. The highest BCUT2D eigenvalue weighted by Crippen LogP contribution is 2.23. The van der Waals surface area contributed by atoms with E-state index in [2.05, 4.69) is 16.8 Å². The number of aliphatic carboxylic acids is 1. The molecule has 4 rings (SSSR count). The largest absolute Gasteiger partial charge is 0.490 e. The van der Waals surface area contributed by atoms with Gasteiger partial charge in [-0.1, -0.05) is 36.3 Å². The lowest BCUT2D eigenvalue weighted by atomic mass is 10.1. The second-order valence-corrected chi connectivity index (χ2v) is 9.01. The van der Waals surface area contributed by atoms with Crippen molar-refractivity contribution in [3.05, 3.63) is 56.7 Å². The molecule has 0 bridgehead atoms. The van der Waals surface area contributed by atoms with E-state index in [0.29, 0.717) is 23.8 Å². The summed E-state index contributed by atoms with van der Waals surface area (Å²) in [4.78, 5) is 46.4. The Morgan fingerprint density at radius 2 is 1.90 bits per heavy atom. The van der Waals surface area contributed by atoms with Gasteiger partial charge in [0.2, 0.25) is 12.1 Å². The predicted molar refractivity (Wildman–Crippen MR) is 144 cm³/mol. The zero-order valence-corrected chi connectivity index (χ0v) is 22.2. The number of nitriles is 1. The highest BCUT2D eigenvalue weighted by Gasteiger charge is 2.38. The second-order valence-electron chi connectivity index (χ2n) is 9.01. The normalized spacial score (nSPS) is 15.4. The van der Waals surface area contributed by atoms with Gasteiger partial charge in [-0.15, -0.1) is 5.92 Å². The van der Waals surface area contributed by atoms with Crippen LogP contribution in [0.25, 0.3) is 11.2 Å². The van der Waals surface area contributed by atoms with Crippen LogP contribution in [0, 0.1) is 23.3 Å². The van der Waals surface area contributed by atoms with Gasteiger partial charge in [-0.25, -0.2) is 9.59 Å². The standard InChI is InChI=1S/C24H26N8O2.C2HF3O2/c1-3-4-13-31-20-21(28-23(31)30-12-8-11-18(26)14-30)29(2)24(34)32(22(20)33)15-19(27-16-25)17-9-6-5-7-10-17;3-2(4,5)1(6)7/h5-7,9-10,18H,8,11-15,26H2,1-2H3;(H,6,7)/b27-19-;. The fourth-order valence-electron chi connectivity index (χ4n) is 4.27. The van der Waals surface area contributed by atoms with E-state index < -0.39 is 23.4 Å². The number of carboxylic acids is 1. The topological polar surface area (TPSA) is 165 Å². The molecule has 0 amide bonds. The average Bonchev–Trinajstić information content (AvgIpc) is 3.32. The van der Waals surface area contributed by atoms with Gasteiger partial charge in [0.15, 0.2) is 11.2 Å². The van der Waals surface area contributed by atoms with Crippen molar-refractivity contribution in [1.82, 2.24) is 18.7 Å². The number of piperidine rings is 1. The summed E-state index contributed by atoms with van der Waals surface area (Å²) in [5.41, 5.74) is 6.70. The lowest BCUT2D eigenvalue weighted by molar-refractivity contribution is -0.192. The molecular weight excluding hydrogens is 545 g/mol. The van der Waals surface area contributed by atoms with E-state index in [9.17, 15) is 28.0 Å². The Labute approximate surface area is 231 Å². The van der Waals surface area contributed by atoms with Gasteiger partial charge in [0.05, 0.1) is 18.8 Å². The molecule has 3 N–H and O–H groups in total. The van der Waals surface area contributed by atoms with Crippen molar-refractivity contribution in [2.75, 3.05) is 18.0 Å². The van der Waals surface area contributed by atoms with Crippen molar-refractivity contribution in [2.45, 2.75) is 45.1 Å². The fraction of sp³-hybridized carbons (Fsp3) is 0.385. The number of aromatic nitrogens is 4. The molecule has 15 heteroatoms. The summed E-state index contributed by atoms with van der Waals surface area (Å²) in [6.07, 6.45) is -1.46. The molecule has 3 aromatic rings. The number of hydrogen-bond acceptors (Lipinski definition) is 8. The van der Waals surface area contributed by atoms with Crippen LogP contribution in [0.4, 0.5) is 19.1 Å². The van der Waals surface area contributed by atoms with E-state index in [1.165, 1.54) is 4.57 Å². The summed E-state index contributed by atoms with van der Waals surface area (Å²) in [6, 6.07) is 9.02. The van der Waals surface area contributed by atoms with Crippen LogP contribution >= 0.6 is 0 Å². The second kappa shape index (κ2) is 13.0. The van der Waals surface area contributed by atoms with Gasteiger partial charge in [0.1, 0.15) is 0 Å². The molecule has 1 atom stereocenters. The molecule has 1 fully saturated rings. The number of fused-ring (bicyclic) bond motifs is 1. The smallest absolute Gasteiger partial charge is 0.475 e. The van der Waals surface area contributed by atoms with Crippen LogP contribution in [0.1, 0.15) is 25.3 Å². The average molecular weight is 573 g/mol. The quantitative estimate of drug-likeness (QED) is 0.264. The number of nitrogens with zero attached hydrogens (tertiary/aromatic N) is 7. The van der Waals surface area contributed by atoms with Gasteiger partial charge in [-0.2, -0.15) is 28.4 Å². The number of aliphatic imine (C=N–C) groups is 1. The van der Waals surface area contributed by atoms with Crippen molar-refractivity contribution < 1.29 is 23.1 Å². The molecule has 3 heterocycles. The Bertz CT molecular complexity index is 1670. The van der Waals surface area contributed by atoms with Crippen LogP contribution in [0.15, 0.2) is 44.9 Å². The number of halogens is 3. The van der Waals surface area contributed by atoms with Crippen LogP contribution in [0.5, 0.6) is 0 Å². The molecule has 1 saturated heterocycles. The van der Waals surface area contributed by atoms with E-state index >= 15 is 0 Å². The molecule has 1 aromatic carbocycles. The van der Waals surface area contributed by atoms with Gasteiger partial charge < -0.3 is 15.7 Å². The highest BCUT2D eigenvalue weighted by molar-refractivity contribution is 6.01. The van der Waals surface area contributed by atoms with E-state index in [1.54, 1.807) is 49.0 Å². The molecule has 1 aliphatic rings. The fourth-order valence-corrected chi connectivity index (χ4v) is 4.27. The number of rotatable bonds is 5. The van der Waals surface area contributed by atoms with Crippen molar-refractivity contribution in [1.29, 1.82) is 5.26 Å². The Hall–Kier alpha value is -4.89. The number of imidazole rings is 1. The minimum atomic E-state index is -5.08. The van der Waals surface area contributed by atoms with E-state index in [4.69, 9.17) is 20.6 Å². The first-order valence-corrected chi connectivity index (χ1v) is 12.3. The lowest BCUT2D eigenvalue weighted by Crippen LogP contribution is -2.44. The minimum Gasteiger partial charge on any atom is -0.475 e. The Morgan fingerprint density at radius 3 is 2.46 bits per heavy atom. The molecule has 216 valence electrons. The monoisotopic (exact) mass is 572 g/mol. The van der Waals surface area contributed by atoms with Crippen LogP contribution in [-0.4, -0.2) is 60.8 Å². The Kier molecular flexibility index (Phi) is 9.70. The highest BCUT2D eigenvalue weighted by atomic mass is 19.4. The number of nitrogens with two attached hydrogens (primary N) is 1. The van der Waals surface area contributed by atoms with Crippen molar-refractivity contribution in [3.63, 3.8) is 0 Å². The van der Waals surface area contributed by atoms with Gasteiger partial charge in [0.25, 0.3) is 5.56 Å². The number of hydrogen-bond donors (Lipinski definition) is 2. The molecule has 12 nitrogen and oxygen atoms in total. The SMILES string of the molecule is CC#CCn1c(N2CCCC(N)C2)nc2c1c(=O)n(C/C(=N/C#N)c1ccccc1)c(=O)n2C.O=C(O)C(F)(F)F. The van der Waals surface area contributed by atoms with Gasteiger partial charge in [0, 0.05) is 26.2 Å². The van der Waals surface area contributed by atoms with Crippen LogP contribution in [-0.2, 0) is 24.9 Å². The third-order valence-corrected chi connectivity index (χ3v) is 6.21. The lowest BCUT2D eigenvalue weighted by Gasteiger charge is -2.31. The first-order valence-electron chi connectivity index (χ1n) is 12.3. The zero-order valence-electron chi connectivity index (χ0n) is 22.2. The summed E-state index contributed by atoms with van der Waals surface area (Å²) in [5, 5.41) is 16.3. The Morgan fingerprint density at radius 1 is 1.24 bits per heavy atom. The van der Waals surface area contributed by atoms with E-state index in [0.717, 1.165) is 24.0 Å². The third-order valence-electron chi connectivity index (χ3n) is 6.21. The third kappa shape index (κ3) is 7.01. The number of carboxylic acid groups (broad SMARTS) is 1. The first-order chi connectivity index (χ1) is 19.4. The van der Waals surface area contributed by atoms with Gasteiger partial charge in [-0.05, 0) is 25.3 Å². The van der Waals surface area contributed by atoms with Crippen LogP contribution in [0.2, 0.25) is 0 Å². The molecule has 0 saturated carbocycles. The maximum atomic E-state index is 13.7. The molecular formula is C26H27F3N8O4. The summed E-state index contributed by atoms with van der Waals surface area (Å²) >= 11 is 0. The number of benzene rings is 1. The van der Waals surface area contributed by atoms with E-state index in [1.807, 2.05) is 11.0 Å².